The van der Waals surface area contributed by atoms with Gasteiger partial charge in [-0.15, -0.1) is 0 Å². The maximum absolute atomic E-state index is 12.9. The van der Waals surface area contributed by atoms with Crippen LogP contribution in [0.5, 0.6) is 11.5 Å². The Morgan fingerprint density at radius 2 is 1.87 bits per heavy atom. The molecule has 2 heterocycles. The Labute approximate surface area is 138 Å². The van der Waals surface area contributed by atoms with Gasteiger partial charge in [0.15, 0.2) is 11.5 Å². The molecule has 0 aromatic heterocycles. The summed E-state index contributed by atoms with van der Waals surface area (Å²) in [7, 11) is -3.42. The zero-order valence-corrected chi connectivity index (χ0v) is 14.5. The number of hydrogen-bond acceptors (Lipinski definition) is 4. The third kappa shape index (κ3) is 3.05. The minimum absolute atomic E-state index is 0.128. The van der Waals surface area contributed by atoms with E-state index in [1.165, 1.54) is 4.31 Å². The molecule has 0 bridgehead atoms. The Balaban J connectivity index is 1.90. The summed E-state index contributed by atoms with van der Waals surface area (Å²) in [5, 5.41) is 0. The molecule has 0 unspecified atom stereocenters. The van der Waals surface area contributed by atoms with Gasteiger partial charge in [0.25, 0.3) is 10.2 Å². The van der Waals surface area contributed by atoms with Gasteiger partial charge in [-0.05, 0) is 30.5 Å². The highest BCUT2D eigenvalue weighted by Crippen LogP contribution is 2.39. The van der Waals surface area contributed by atoms with Gasteiger partial charge in [0, 0.05) is 19.6 Å². The Morgan fingerprint density at radius 1 is 1.17 bits per heavy atom. The quantitative estimate of drug-likeness (QED) is 0.824. The van der Waals surface area contributed by atoms with Gasteiger partial charge in [0.2, 0.25) is 0 Å². The first-order valence-corrected chi connectivity index (χ1v) is 9.64. The summed E-state index contributed by atoms with van der Waals surface area (Å²) in [6.07, 6.45) is 1.71. The predicted molar refractivity (Wildman–Crippen MR) is 88.0 cm³/mol. The summed E-state index contributed by atoms with van der Waals surface area (Å²) < 4.78 is 40.0. The molecule has 1 saturated heterocycles. The molecule has 1 atom stereocenters. The lowest BCUT2D eigenvalue weighted by molar-refractivity contribution is 0.171. The van der Waals surface area contributed by atoms with Crippen LogP contribution in [0.1, 0.15) is 38.3 Å². The average molecular weight is 340 g/mol. The number of ether oxygens (including phenoxy) is 2. The van der Waals surface area contributed by atoms with Gasteiger partial charge in [0.1, 0.15) is 13.2 Å². The Kier molecular flexibility index (Phi) is 4.79. The molecule has 0 amide bonds. The van der Waals surface area contributed by atoms with Crippen LogP contribution in [-0.2, 0) is 10.2 Å². The van der Waals surface area contributed by atoms with Crippen molar-refractivity contribution >= 4 is 10.2 Å². The van der Waals surface area contributed by atoms with Gasteiger partial charge in [-0.3, -0.25) is 0 Å². The number of hydrogen-bond donors (Lipinski definition) is 0. The Hall–Kier alpha value is -1.31. The maximum atomic E-state index is 12.9. The Bertz CT molecular complexity index is 658. The fourth-order valence-corrected chi connectivity index (χ4v) is 5.17. The van der Waals surface area contributed by atoms with Crippen molar-refractivity contribution in [1.82, 2.24) is 8.61 Å². The molecule has 0 radical (unpaired) electrons. The second-order valence-electron chi connectivity index (χ2n) is 5.76. The first-order chi connectivity index (χ1) is 11.1. The van der Waals surface area contributed by atoms with Crippen molar-refractivity contribution in [1.29, 1.82) is 0 Å². The standard InChI is InChI=1S/C16H24N2O4S/c1-3-17(4-2)23(19,20)18-9-5-6-14(18)13-7-8-15-16(12-13)22-11-10-21-15/h7-8,12,14H,3-6,9-11H2,1-2H3/t14-/m1/s1. The highest BCUT2D eigenvalue weighted by Gasteiger charge is 2.38. The molecule has 0 aliphatic carbocycles. The molecule has 2 aliphatic rings. The van der Waals surface area contributed by atoms with Crippen molar-refractivity contribution in [2.45, 2.75) is 32.7 Å². The molecule has 7 heteroatoms. The molecule has 1 aromatic rings. The van der Waals surface area contributed by atoms with Gasteiger partial charge in [-0.2, -0.15) is 17.0 Å². The fraction of sp³-hybridized carbons (Fsp3) is 0.625. The summed E-state index contributed by atoms with van der Waals surface area (Å²) in [5.74, 6) is 1.44. The molecule has 0 N–H and O–H groups in total. The molecule has 2 aliphatic heterocycles. The van der Waals surface area contributed by atoms with Crippen LogP contribution in [-0.4, -0.2) is 49.9 Å². The van der Waals surface area contributed by atoms with E-state index in [0.29, 0.717) is 38.6 Å². The van der Waals surface area contributed by atoms with Crippen LogP contribution in [0.25, 0.3) is 0 Å². The van der Waals surface area contributed by atoms with Crippen molar-refractivity contribution in [2.24, 2.45) is 0 Å². The fourth-order valence-electron chi connectivity index (χ4n) is 3.31. The second-order valence-corrected chi connectivity index (χ2v) is 7.64. The van der Waals surface area contributed by atoms with Gasteiger partial charge in [-0.25, -0.2) is 0 Å². The molecule has 1 aromatic carbocycles. The number of nitrogens with zero attached hydrogens (tertiary/aromatic N) is 2. The molecule has 0 spiro atoms. The molecular formula is C16H24N2O4S. The van der Waals surface area contributed by atoms with E-state index in [1.54, 1.807) is 4.31 Å². The van der Waals surface area contributed by atoms with Gasteiger partial charge >= 0.3 is 0 Å². The van der Waals surface area contributed by atoms with Crippen LogP contribution in [0.2, 0.25) is 0 Å². The van der Waals surface area contributed by atoms with Crippen molar-refractivity contribution in [3.05, 3.63) is 23.8 Å². The molecule has 0 saturated carbocycles. The molecule has 1 fully saturated rings. The van der Waals surface area contributed by atoms with E-state index in [-0.39, 0.29) is 6.04 Å². The molecule has 6 nitrogen and oxygen atoms in total. The summed E-state index contributed by atoms with van der Waals surface area (Å²) in [4.78, 5) is 0. The van der Waals surface area contributed by atoms with Crippen LogP contribution in [0.4, 0.5) is 0 Å². The third-order valence-corrected chi connectivity index (χ3v) is 6.68. The van der Waals surface area contributed by atoms with E-state index in [1.807, 2.05) is 32.0 Å². The van der Waals surface area contributed by atoms with Crippen LogP contribution < -0.4 is 9.47 Å². The van der Waals surface area contributed by atoms with Crippen LogP contribution in [0.3, 0.4) is 0 Å². The predicted octanol–water partition coefficient (Wildman–Crippen LogP) is 2.18. The topological polar surface area (TPSA) is 59.1 Å². The maximum Gasteiger partial charge on any atom is 0.282 e. The van der Waals surface area contributed by atoms with E-state index in [9.17, 15) is 8.42 Å². The summed E-state index contributed by atoms with van der Waals surface area (Å²) >= 11 is 0. The van der Waals surface area contributed by atoms with E-state index in [4.69, 9.17) is 9.47 Å². The van der Waals surface area contributed by atoms with Gasteiger partial charge in [-0.1, -0.05) is 19.9 Å². The van der Waals surface area contributed by atoms with Crippen molar-refractivity contribution in [3.63, 3.8) is 0 Å². The summed E-state index contributed by atoms with van der Waals surface area (Å²) in [6.45, 7) is 6.37. The normalized spacial score (nSPS) is 21.8. The highest BCUT2D eigenvalue weighted by atomic mass is 32.2. The number of rotatable bonds is 5. The highest BCUT2D eigenvalue weighted by molar-refractivity contribution is 7.86. The van der Waals surface area contributed by atoms with Crippen molar-refractivity contribution < 1.29 is 17.9 Å². The van der Waals surface area contributed by atoms with E-state index in [0.717, 1.165) is 24.2 Å². The third-order valence-electron chi connectivity index (χ3n) is 4.48. The second kappa shape index (κ2) is 6.67. The summed E-state index contributed by atoms with van der Waals surface area (Å²) in [6, 6.07) is 5.63. The molecule has 128 valence electrons. The van der Waals surface area contributed by atoms with E-state index in [2.05, 4.69) is 0 Å². The summed E-state index contributed by atoms with van der Waals surface area (Å²) in [5.41, 5.74) is 0.975. The zero-order valence-electron chi connectivity index (χ0n) is 13.7. The molecular weight excluding hydrogens is 316 g/mol. The largest absolute Gasteiger partial charge is 0.486 e. The van der Waals surface area contributed by atoms with Crippen LogP contribution in [0.15, 0.2) is 18.2 Å². The lowest BCUT2D eigenvalue weighted by atomic mass is 10.0. The lowest BCUT2D eigenvalue weighted by Crippen LogP contribution is -2.43. The van der Waals surface area contributed by atoms with E-state index < -0.39 is 10.2 Å². The van der Waals surface area contributed by atoms with E-state index >= 15 is 0 Å². The molecule has 3 rings (SSSR count). The minimum atomic E-state index is -3.42. The van der Waals surface area contributed by atoms with Gasteiger partial charge in [0.05, 0.1) is 6.04 Å². The first kappa shape index (κ1) is 16.5. The average Bonchev–Trinajstić information content (AvgIpc) is 3.06. The zero-order chi connectivity index (χ0) is 16.4. The van der Waals surface area contributed by atoms with Crippen molar-refractivity contribution in [2.75, 3.05) is 32.8 Å². The smallest absolute Gasteiger partial charge is 0.282 e. The number of benzene rings is 1. The molecule has 23 heavy (non-hydrogen) atoms. The lowest BCUT2D eigenvalue weighted by Gasteiger charge is -2.30. The van der Waals surface area contributed by atoms with Crippen LogP contribution >= 0.6 is 0 Å². The number of fused-ring (bicyclic) bond motifs is 1. The first-order valence-electron chi connectivity index (χ1n) is 8.24. The monoisotopic (exact) mass is 340 g/mol. The van der Waals surface area contributed by atoms with Crippen LogP contribution in [0, 0.1) is 0 Å². The van der Waals surface area contributed by atoms with Gasteiger partial charge < -0.3 is 9.47 Å². The Morgan fingerprint density at radius 3 is 2.57 bits per heavy atom. The van der Waals surface area contributed by atoms with Crippen molar-refractivity contribution in [3.8, 4) is 11.5 Å². The SMILES string of the molecule is CCN(CC)S(=O)(=O)N1CCC[C@@H]1c1ccc2c(c1)OCCO2. The minimum Gasteiger partial charge on any atom is -0.486 e.